The molecule has 1 radical (unpaired) electrons. The quantitative estimate of drug-likeness (QED) is 0.778. The molecular formula is C15H15ClN. The predicted molar refractivity (Wildman–Crippen MR) is 73.5 cm³/mol. The van der Waals surface area contributed by atoms with Gasteiger partial charge in [-0.25, -0.2) is 0 Å². The highest BCUT2D eigenvalue weighted by molar-refractivity contribution is 6.30. The first-order chi connectivity index (χ1) is 8.34. The van der Waals surface area contributed by atoms with Crippen molar-refractivity contribution in [2.24, 2.45) is 0 Å². The molecule has 0 fully saturated rings. The van der Waals surface area contributed by atoms with E-state index in [1.165, 1.54) is 5.56 Å². The largest absolute Gasteiger partial charge is 0.385 e. The standard InChI is InChI=1S/C15H15ClN/c16-14-10-8-13(9-11-14)5-4-12-17-15-6-2-1-3-7-15/h2-3,6-11,17H,4-5,12H2. The summed E-state index contributed by atoms with van der Waals surface area (Å²) in [7, 11) is 0. The molecule has 0 aliphatic heterocycles. The molecule has 2 rings (SSSR count). The monoisotopic (exact) mass is 244 g/mol. The Morgan fingerprint density at radius 2 is 1.71 bits per heavy atom. The fourth-order valence-electron chi connectivity index (χ4n) is 1.68. The van der Waals surface area contributed by atoms with Crippen LogP contribution in [0.1, 0.15) is 12.0 Å². The molecule has 0 atom stereocenters. The van der Waals surface area contributed by atoms with Crippen molar-refractivity contribution in [2.75, 3.05) is 11.9 Å². The summed E-state index contributed by atoms with van der Waals surface area (Å²) >= 11 is 5.84. The third-order valence-electron chi connectivity index (χ3n) is 2.60. The number of hydrogen-bond acceptors (Lipinski definition) is 1. The van der Waals surface area contributed by atoms with Crippen molar-refractivity contribution in [3.05, 3.63) is 65.2 Å². The van der Waals surface area contributed by atoms with Crippen LogP contribution in [0, 0.1) is 6.07 Å². The number of nitrogens with one attached hydrogen (secondary N) is 1. The van der Waals surface area contributed by atoms with Gasteiger partial charge >= 0.3 is 0 Å². The number of rotatable bonds is 5. The van der Waals surface area contributed by atoms with Crippen LogP contribution in [-0.4, -0.2) is 6.54 Å². The summed E-state index contributed by atoms with van der Waals surface area (Å²) in [6.07, 6.45) is 2.18. The Labute approximate surface area is 107 Å². The van der Waals surface area contributed by atoms with Gasteiger partial charge in [0, 0.05) is 17.3 Å². The Morgan fingerprint density at radius 1 is 1.00 bits per heavy atom. The Bertz CT molecular complexity index is 436. The highest BCUT2D eigenvalue weighted by atomic mass is 35.5. The van der Waals surface area contributed by atoms with E-state index >= 15 is 0 Å². The highest BCUT2D eigenvalue weighted by Crippen LogP contribution is 2.11. The summed E-state index contributed by atoms with van der Waals surface area (Å²) in [6, 6.07) is 18.9. The summed E-state index contributed by atoms with van der Waals surface area (Å²) in [5.74, 6) is 0. The molecule has 0 aromatic heterocycles. The zero-order valence-corrected chi connectivity index (χ0v) is 10.4. The van der Waals surface area contributed by atoms with E-state index in [1.54, 1.807) is 0 Å². The van der Waals surface area contributed by atoms with Crippen LogP contribution in [0.25, 0.3) is 0 Å². The van der Waals surface area contributed by atoms with E-state index < -0.39 is 0 Å². The van der Waals surface area contributed by atoms with Gasteiger partial charge in [-0.05, 0) is 48.7 Å². The van der Waals surface area contributed by atoms with E-state index in [2.05, 4.69) is 23.5 Å². The van der Waals surface area contributed by atoms with E-state index in [4.69, 9.17) is 11.6 Å². The van der Waals surface area contributed by atoms with Crippen molar-refractivity contribution in [1.29, 1.82) is 0 Å². The summed E-state index contributed by atoms with van der Waals surface area (Å²) in [5.41, 5.74) is 2.48. The number of hydrogen-bond donors (Lipinski definition) is 1. The van der Waals surface area contributed by atoms with Crippen LogP contribution in [0.2, 0.25) is 5.02 Å². The van der Waals surface area contributed by atoms with Gasteiger partial charge in [-0.2, -0.15) is 0 Å². The number of benzene rings is 2. The van der Waals surface area contributed by atoms with Crippen LogP contribution < -0.4 is 5.32 Å². The smallest absolute Gasteiger partial charge is 0.0406 e. The molecule has 0 saturated carbocycles. The lowest BCUT2D eigenvalue weighted by atomic mass is 10.1. The van der Waals surface area contributed by atoms with Gasteiger partial charge in [-0.1, -0.05) is 35.9 Å². The first-order valence-electron chi connectivity index (χ1n) is 5.79. The second kappa shape index (κ2) is 6.31. The minimum Gasteiger partial charge on any atom is -0.385 e. The van der Waals surface area contributed by atoms with Crippen LogP contribution in [0.4, 0.5) is 5.69 Å². The Kier molecular flexibility index (Phi) is 4.45. The van der Waals surface area contributed by atoms with Gasteiger partial charge in [0.25, 0.3) is 0 Å². The summed E-state index contributed by atoms with van der Waals surface area (Å²) in [4.78, 5) is 0. The third-order valence-corrected chi connectivity index (χ3v) is 2.85. The number of halogens is 1. The van der Waals surface area contributed by atoms with Crippen molar-refractivity contribution in [3.63, 3.8) is 0 Å². The number of anilines is 1. The van der Waals surface area contributed by atoms with Gasteiger partial charge in [0.15, 0.2) is 0 Å². The minimum absolute atomic E-state index is 0.799. The number of aryl methyl sites for hydroxylation is 1. The van der Waals surface area contributed by atoms with Crippen LogP contribution in [-0.2, 0) is 6.42 Å². The molecule has 0 bridgehead atoms. The Hall–Kier alpha value is -1.47. The maximum absolute atomic E-state index is 5.84. The van der Waals surface area contributed by atoms with Crippen LogP contribution in [0.15, 0.2) is 48.5 Å². The van der Waals surface area contributed by atoms with Crippen molar-refractivity contribution in [3.8, 4) is 0 Å². The molecule has 17 heavy (non-hydrogen) atoms. The summed E-state index contributed by atoms with van der Waals surface area (Å²) in [6.45, 7) is 0.979. The molecule has 0 aliphatic carbocycles. The van der Waals surface area contributed by atoms with Gasteiger partial charge in [0.2, 0.25) is 0 Å². The lowest BCUT2D eigenvalue weighted by Gasteiger charge is -2.06. The van der Waals surface area contributed by atoms with Crippen molar-refractivity contribution in [2.45, 2.75) is 12.8 Å². The molecular weight excluding hydrogens is 230 g/mol. The SMILES string of the molecule is Clc1ccc(CCCNc2cc[c]cc2)cc1. The van der Waals surface area contributed by atoms with Crippen LogP contribution in [0.5, 0.6) is 0 Å². The topological polar surface area (TPSA) is 12.0 Å². The third kappa shape index (κ3) is 4.12. The molecule has 0 heterocycles. The van der Waals surface area contributed by atoms with Crippen LogP contribution >= 0.6 is 11.6 Å². The normalized spacial score (nSPS) is 10.2. The maximum atomic E-state index is 5.84. The molecule has 0 aliphatic rings. The second-order valence-electron chi connectivity index (χ2n) is 3.95. The Morgan fingerprint density at radius 3 is 2.41 bits per heavy atom. The first-order valence-corrected chi connectivity index (χ1v) is 6.17. The zero-order valence-electron chi connectivity index (χ0n) is 9.62. The van der Waals surface area contributed by atoms with Gasteiger partial charge < -0.3 is 5.32 Å². The van der Waals surface area contributed by atoms with Crippen molar-refractivity contribution in [1.82, 2.24) is 0 Å². The Balaban J connectivity index is 1.71. The van der Waals surface area contributed by atoms with E-state index in [9.17, 15) is 0 Å². The fraction of sp³-hybridized carbons (Fsp3) is 0.200. The fourth-order valence-corrected chi connectivity index (χ4v) is 1.81. The van der Waals surface area contributed by atoms with Crippen molar-refractivity contribution < 1.29 is 0 Å². The average Bonchev–Trinajstić information content (AvgIpc) is 2.38. The second-order valence-corrected chi connectivity index (χ2v) is 4.38. The van der Waals surface area contributed by atoms with E-state index in [0.717, 1.165) is 30.1 Å². The lowest BCUT2D eigenvalue weighted by Crippen LogP contribution is -2.02. The molecule has 2 aromatic rings. The van der Waals surface area contributed by atoms with E-state index in [1.807, 2.05) is 36.4 Å². The molecule has 87 valence electrons. The zero-order chi connectivity index (χ0) is 11.9. The molecule has 2 heteroatoms. The van der Waals surface area contributed by atoms with E-state index in [-0.39, 0.29) is 0 Å². The van der Waals surface area contributed by atoms with Crippen molar-refractivity contribution >= 4 is 17.3 Å². The summed E-state index contributed by atoms with van der Waals surface area (Å²) < 4.78 is 0. The van der Waals surface area contributed by atoms with Gasteiger partial charge in [-0.3, -0.25) is 0 Å². The van der Waals surface area contributed by atoms with Crippen LogP contribution in [0.3, 0.4) is 0 Å². The van der Waals surface area contributed by atoms with Gasteiger partial charge in [0.1, 0.15) is 0 Å². The highest BCUT2D eigenvalue weighted by Gasteiger charge is 1.94. The molecule has 1 N–H and O–H groups in total. The molecule has 0 spiro atoms. The maximum Gasteiger partial charge on any atom is 0.0406 e. The molecule has 0 saturated heterocycles. The van der Waals surface area contributed by atoms with E-state index in [0.29, 0.717) is 0 Å². The van der Waals surface area contributed by atoms with Gasteiger partial charge in [0.05, 0.1) is 0 Å². The summed E-state index contributed by atoms with van der Waals surface area (Å²) in [5, 5.41) is 4.18. The molecule has 0 amide bonds. The first kappa shape index (κ1) is 12.0. The predicted octanol–water partition coefficient (Wildman–Crippen LogP) is 4.18. The lowest BCUT2D eigenvalue weighted by molar-refractivity contribution is 0.863. The molecule has 0 unspecified atom stereocenters. The average molecular weight is 245 g/mol. The van der Waals surface area contributed by atoms with Gasteiger partial charge in [-0.15, -0.1) is 0 Å². The molecule has 1 nitrogen and oxygen atoms in total. The molecule has 2 aromatic carbocycles. The minimum atomic E-state index is 0.799.